The van der Waals surface area contributed by atoms with Crippen molar-refractivity contribution in [3.05, 3.63) is 65.2 Å². The Morgan fingerprint density at radius 3 is 2.04 bits per heavy atom. The fourth-order valence-corrected chi connectivity index (χ4v) is 2.79. The lowest BCUT2D eigenvalue weighted by molar-refractivity contribution is -0.167. The molecule has 0 aliphatic carbocycles. The quantitative estimate of drug-likeness (QED) is 0.401. The van der Waals surface area contributed by atoms with Gasteiger partial charge in [-0.15, -0.1) is 0 Å². The van der Waals surface area contributed by atoms with E-state index in [4.69, 9.17) is 0 Å². The van der Waals surface area contributed by atoms with Gasteiger partial charge in [0.2, 0.25) is 5.78 Å². The first kappa shape index (κ1) is 19.6. The number of aryl methyl sites for hydroxylation is 1. The lowest BCUT2D eigenvalue weighted by atomic mass is 9.82. The van der Waals surface area contributed by atoms with Crippen molar-refractivity contribution in [2.75, 3.05) is 7.05 Å². The third-order valence-corrected chi connectivity index (χ3v) is 4.32. The van der Waals surface area contributed by atoms with Crippen molar-refractivity contribution in [3.63, 3.8) is 0 Å². The minimum atomic E-state index is -1.65. The minimum Gasteiger partial charge on any atom is -0.508 e. The molecule has 2 aromatic rings. The smallest absolute Gasteiger partial charge is 0.313 e. The number of aromatic hydroxyl groups is 1. The zero-order chi connectivity index (χ0) is 19.3. The lowest BCUT2D eigenvalue weighted by Gasteiger charge is -2.28. The molecule has 0 bridgehead atoms. The Morgan fingerprint density at radius 1 is 1.00 bits per heavy atom. The molecule has 6 heteroatoms. The maximum Gasteiger partial charge on any atom is 0.313 e. The highest BCUT2D eigenvalue weighted by atomic mass is 16.5. The summed E-state index contributed by atoms with van der Waals surface area (Å²) in [6, 6.07) is 13.5. The van der Waals surface area contributed by atoms with Crippen LogP contribution in [0.3, 0.4) is 0 Å². The Morgan fingerprint density at radius 2 is 1.54 bits per heavy atom. The first-order valence-electron chi connectivity index (χ1n) is 8.34. The van der Waals surface area contributed by atoms with E-state index in [1.54, 1.807) is 0 Å². The van der Waals surface area contributed by atoms with Gasteiger partial charge in [-0.1, -0.05) is 43.3 Å². The van der Waals surface area contributed by atoms with E-state index in [0.29, 0.717) is 5.56 Å². The van der Waals surface area contributed by atoms with Crippen LogP contribution in [0.1, 0.15) is 30.0 Å². The van der Waals surface area contributed by atoms with Crippen LogP contribution in [0, 0.1) is 0 Å². The Hall–Kier alpha value is -2.70. The molecule has 0 aromatic heterocycles. The number of carbonyl (C=O) groups is 2. The van der Waals surface area contributed by atoms with Gasteiger partial charge in [-0.3, -0.25) is 14.8 Å². The molecule has 0 aliphatic heterocycles. The zero-order valence-electron chi connectivity index (χ0n) is 14.8. The van der Waals surface area contributed by atoms with Crippen LogP contribution in [0.5, 0.6) is 5.75 Å². The summed E-state index contributed by atoms with van der Waals surface area (Å²) in [7, 11) is 1.06. The zero-order valence-corrected chi connectivity index (χ0v) is 14.8. The topological polar surface area (TPSA) is 98.1 Å². The SMILES string of the molecule is CCc1ccc(CC(O)(CC(=O)C(=O)N(C)O)c2ccc(O)cc2)cc1. The van der Waals surface area contributed by atoms with E-state index < -0.39 is 23.7 Å². The van der Waals surface area contributed by atoms with Gasteiger partial charge >= 0.3 is 5.91 Å². The molecular formula is C20H23NO5. The van der Waals surface area contributed by atoms with Crippen molar-refractivity contribution in [1.82, 2.24) is 5.06 Å². The molecule has 0 saturated carbocycles. The lowest BCUT2D eigenvalue weighted by Crippen LogP contribution is -2.38. The van der Waals surface area contributed by atoms with Crippen LogP contribution in [-0.4, -0.2) is 39.2 Å². The number of aliphatic hydroxyl groups is 1. The predicted molar refractivity (Wildman–Crippen MR) is 95.7 cm³/mol. The summed E-state index contributed by atoms with van der Waals surface area (Å²) in [6.45, 7) is 2.04. The molecule has 2 rings (SSSR count). The van der Waals surface area contributed by atoms with Crippen LogP contribution in [0.4, 0.5) is 0 Å². The molecular weight excluding hydrogens is 334 g/mol. The Kier molecular flexibility index (Phi) is 6.13. The summed E-state index contributed by atoms with van der Waals surface area (Å²) in [5, 5.41) is 30.1. The Bertz CT molecular complexity index is 768. The number of carbonyl (C=O) groups excluding carboxylic acids is 2. The van der Waals surface area contributed by atoms with Crippen LogP contribution in [0.15, 0.2) is 48.5 Å². The molecule has 1 unspecified atom stereocenters. The average Bonchev–Trinajstić information content (AvgIpc) is 2.61. The molecule has 0 spiro atoms. The Balaban J connectivity index is 2.35. The largest absolute Gasteiger partial charge is 0.508 e. The van der Waals surface area contributed by atoms with Crippen molar-refractivity contribution >= 4 is 11.7 Å². The maximum atomic E-state index is 12.2. The van der Waals surface area contributed by atoms with Crippen LogP contribution in [-0.2, 0) is 28.0 Å². The van der Waals surface area contributed by atoms with E-state index in [0.717, 1.165) is 24.6 Å². The molecule has 0 fully saturated rings. The van der Waals surface area contributed by atoms with Crippen molar-refractivity contribution < 1.29 is 25.0 Å². The number of likely N-dealkylation sites (N-methyl/N-ethyl adjacent to an activating group) is 1. The van der Waals surface area contributed by atoms with Gasteiger partial charge in [0.25, 0.3) is 0 Å². The van der Waals surface area contributed by atoms with Gasteiger partial charge in [-0.25, -0.2) is 5.06 Å². The molecule has 0 aliphatic rings. The number of phenols is 1. The van der Waals surface area contributed by atoms with Crippen molar-refractivity contribution in [2.45, 2.75) is 31.8 Å². The average molecular weight is 357 g/mol. The third-order valence-electron chi connectivity index (χ3n) is 4.32. The molecule has 3 N–H and O–H groups in total. The molecule has 138 valence electrons. The molecule has 1 amide bonds. The number of rotatable bonds is 7. The standard InChI is InChI=1S/C20H23NO5/c1-3-14-4-6-15(7-5-14)12-20(25,13-18(23)19(24)21(2)26)16-8-10-17(22)11-9-16/h4-11,22,25-26H,3,12-13H2,1-2H3. The number of nitrogens with zero attached hydrogens (tertiary/aromatic N) is 1. The number of phenolic OH excluding ortho intramolecular Hbond substituents is 1. The monoisotopic (exact) mass is 357 g/mol. The highest BCUT2D eigenvalue weighted by molar-refractivity contribution is 6.35. The summed E-state index contributed by atoms with van der Waals surface area (Å²) < 4.78 is 0. The first-order chi connectivity index (χ1) is 12.2. The van der Waals surface area contributed by atoms with Gasteiger partial charge < -0.3 is 10.2 Å². The molecule has 0 saturated heterocycles. The number of hydrogen-bond donors (Lipinski definition) is 3. The number of Topliss-reactive ketones (excluding diaryl/α,β-unsaturated/α-hetero) is 1. The normalized spacial score (nSPS) is 13.1. The van der Waals surface area contributed by atoms with Gasteiger partial charge in [0.15, 0.2) is 0 Å². The molecule has 0 radical (unpaired) electrons. The van der Waals surface area contributed by atoms with Gasteiger partial charge in [-0.2, -0.15) is 0 Å². The fraction of sp³-hybridized carbons (Fsp3) is 0.300. The van der Waals surface area contributed by atoms with Crippen molar-refractivity contribution in [3.8, 4) is 5.75 Å². The third kappa shape index (κ3) is 4.68. The second kappa shape index (κ2) is 8.12. The maximum absolute atomic E-state index is 12.2. The minimum absolute atomic E-state index is 0.0286. The van der Waals surface area contributed by atoms with Crippen LogP contribution in [0.2, 0.25) is 0 Å². The molecule has 26 heavy (non-hydrogen) atoms. The first-order valence-corrected chi connectivity index (χ1v) is 8.34. The molecule has 0 heterocycles. The van der Waals surface area contributed by atoms with Gasteiger partial charge in [0.05, 0.1) is 0 Å². The van der Waals surface area contributed by atoms with Crippen LogP contribution < -0.4 is 0 Å². The fourth-order valence-electron chi connectivity index (χ4n) is 2.79. The second-order valence-electron chi connectivity index (χ2n) is 6.35. The number of benzene rings is 2. The molecule has 2 aromatic carbocycles. The highest BCUT2D eigenvalue weighted by Crippen LogP contribution is 2.31. The van der Waals surface area contributed by atoms with E-state index in [1.165, 1.54) is 24.3 Å². The van der Waals surface area contributed by atoms with Crippen LogP contribution in [0.25, 0.3) is 0 Å². The summed E-state index contributed by atoms with van der Waals surface area (Å²) >= 11 is 0. The highest BCUT2D eigenvalue weighted by Gasteiger charge is 2.35. The number of ketones is 1. The number of hydroxylamine groups is 2. The second-order valence-corrected chi connectivity index (χ2v) is 6.35. The predicted octanol–water partition coefficient (Wildman–Crippen LogP) is 2.19. The van der Waals surface area contributed by atoms with Crippen molar-refractivity contribution in [2.24, 2.45) is 0 Å². The van der Waals surface area contributed by atoms with E-state index >= 15 is 0 Å². The van der Waals surface area contributed by atoms with Crippen molar-refractivity contribution in [1.29, 1.82) is 0 Å². The summed E-state index contributed by atoms with van der Waals surface area (Å²) in [5.41, 5.74) is 0.701. The van der Waals surface area contributed by atoms with E-state index in [1.807, 2.05) is 31.2 Å². The van der Waals surface area contributed by atoms with Gasteiger partial charge in [0.1, 0.15) is 11.4 Å². The number of amides is 1. The number of hydrogen-bond acceptors (Lipinski definition) is 5. The van der Waals surface area contributed by atoms with Gasteiger partial charge in [0, 0.05) is 19.9 Å². The summed E-state index contributed by atoms with van der Waals surface area (Å²) in [6.07, 6.45) is 0.505. The van der Waals surface area contributed by atoms with E-state index in [-0.39, 0.29) is 17.2 Å². The summed E-state index contributed by atoms with van der Waals surface area (Å²) in [5.74, 6) is -1.97. The molecule has 6 nitrogen and oxygen atoms in total. The van der Waals surface area contributed by atoms with E-state index in [9.17, 15) is 25.0 Å². The Labute approximate surface area is 152 Å². The van der Waals surface area contributed by atoms with Crippen LogP contribution >= 0.6 is 0 Å². The van der Waals surface area contributed by atoms with Gasteiger partial charge in [-0.05, 0) is 35.2 Å². The molecule has 1 atom stereocenters. The summed E-state index contributed by atoms with van der Waals surface area (Å²) in [4.78, 5) is 23.9. The van der Waals surface area contributed by atoms with E-state index in [2.05, 4.69) is 0 Å².